The summed E-state index contributed by atoms with van der Waals surface area (Å²) in [5.74, 6) is -9.53. The fraction of sp³-hybridized carbons (Fsp3) is 0.478. The Hall–Kier alpha value is -1.98. The molecule has 0 radical (unpaired) electrons. The highest BCUT2D eigenvalue weighted by Crippen LogP contribution is 2.41. The Morgan fingerprint density at radius 3 is 2.28 bits per heavy atom. The Bertz CT molecular complexity index is 843. The summed E-state index contributed by atoms with van der Waals surface area (Å²) in [6, 6.07) is 3.95. The van der Waals surface area contributed by atoms with Gasteiger partial charge < -0.3 is 0 Å². The summed E-state index contributed by atoms with van der Waals surface area (Å²) in [5, 5.41) is 0. The summed E-state index contributed by atoms with van der Waals surface area (Å²) in [6.45, 7) is 2.15. The summed E-state index contributed by atoms with van der Waals surface area (Å²) >= 11 is 0. The first-order chi connectivity index (χ1) is 13.8. The van der Waals surface area contributed by atoms with Crippen LogP contribution in [0.1, 0.15) is 68.9 Å². The van der Waals surface area contributed by atoms with Crippen LogP contribution in [0.25, 0.3) is 5.83 Å². The predicted octanol–water partition coefficient (Wildman–Crippen LogP) is 8.53. The second-order valence-corrected chi connectivity index (χ2v) is 7.95. The highest BCUT2D eigenvalue weighted by Gasteiger charge is 2.29. The second kappa shape index (κ2) is 9.23. The minimum absolute atomic E-state index is 0.182. The van der Waals surface area contributed by atoms with E-state index in [0.29, 0.717) is 12.0 Å². The summed E-state index contributed by atoms with van der Waals surface area (Å²) in [5.41, 5.74) is 0.143. The minimum atomic E-state index is -1.71. The van der Waals surface area contributed by atoms with E-state index < -0.39 is 52.9 Å². The quantitative estimate of drug-likeness (QED) is 0.424. The Labute approximate surface area is 167 Å². The normalized spacial score (nSPS) is 26.3. The number of allylic oxidation sites excluding steroid dienone is 5. The van der Waals surface area contributed by atoms with Gasteiger partial charge in [0.2, 0.25) is 0 Å². The van der Waals surface area contributed by atoms with Crippen molar-refractivity contribution in [3.8, 4) is 0 Å². The van der Waals surface area contributed by atoms with E-state index in [1.54, 1.807) is 6.07 Å². The lowest BCUT2D eigenvalue weighted by molar-refractivity contribution is 0.308. The van der Waals surface area contributed by atoms with Crippen LogP contribution in [0, 0.1) is 17.7 Å². The second-order valence-electron chi connectivity index (χ2n) is 7.95. The van der Waals surface area contributed by atoms with Crippen LogP contribution >= 0.6 is 0 Å². The third-order valence-corrected chi connectivity index (χ3v) is 5.97. The molecule has 0 amide bonds. The van der Waals surface area contributed by atoms with Crippen LogP contribution < -0.4 is 0 Å². The van der Waals surface area contributed by atoms with Gasteiger partial charge in [-0.15, -0.1) is 0 Å². The van der Waals surface area contributed by atoms with E-state index >= 15 is 0 Å². The molecule has 29 heavy (non-hydrogen) atoms. The molecule has 2 aliphatic carbocycles. The van der Waals surface area contributed by atoms with Crippen LogP contribution in [0.2, 0.25) is 0 Å². The molecule has 0 bridgehead atoms. The van der Waals surface area contributed by atoms with Crippen LogP contribution in [0.3, 0.4) is 0 Å². The van der Waals surface area contributed by atoms with Gasteiger partial charge in [0.1, 0.15) is 17.5 Å². The lowest BCUT2D eigenvalue weighted by Crippen LogP contribution is -2.13. The van der Waals surface area contributed by atoms with Crippen molar-refractivity contribution >= 4 is 5.83 Å². The van der Waals surface area contributed by atoms with Crippen LogP contribution in [0.5, 0.6) is 0 Å². The van der Waals surface area contributed by atoms with Crippen molar-refractivity contribution in [3.63, 3.8) is 0 Å². The van der Waals surface area contributed by atoms with E-state index in [4.69, 9.17) is 0 Å². The first-order valence-corrected chi connectivity index (χ1v) is 10.1. The van der Waals surface area contributed by atoms with Crippen LogP contribution in [0.15, 0.2) is 47.6 Å². The Morgan fingerprint density at radius 1 is 1.00 bits per heavy atom. The van der Waals surface area contributed by atoms with Crippen molar-refractivity contribution in [1.29, 1.82) is 0 Å². The molecule has 0 saturated heterocycles. The SMILES string of the molecule is CCCC1CCC(c2ccc(/C(F)=C(\F)C3C=C(F)C(F)=C(F)C3)c(F)c2)CC1. The molecule has 0 heterocycles. The zero-order chi connectivity index (χ0) is 21.1. The van der Waals surface area contributed by atoms with Gasteiger partial charge in [-0.25, -0.2) is 26.3 Å². The maximum Gasteiger partial charge on any atom is 0.189 e. The van der Waals surface area contributed by atoms with Crippen molar-refractivity contribution in [2.24, 2.45) is 11.8 Å². The van der Waals surface area contributed by atoms with Gasteiger partial charge in [-0.3, -0.25) is 0 Å². The third-order valence-electron chi connectivity index (χ3n) is 5.97. The molecule has 0 aliphatic heterocycles. The molecule has 0 N–H and O–H groups in total. The van der Waals surface area contributed by atoms with Gasteiger partial charge in [0.15, 0.2) is 17.5 Å². The largest absolute Gasteiger partial charge is 0.208 e. The van der Waals surface area contributed by atoms with Gasteiger partial charge in [0.05, 0.1) is 0 Å². The number of halogens is 6. The standard InChI is InChI=1S/C23H24F6/c1-2-3-13-4-6-14(7-5-13)15-8-9-17(18(24)10-15)22(28)21(27)16-11-19(25)23(29)20(26)12-16/h8-11,13-14,16H,2-7,12H2,1H3/b22-21+. The molecule has 3 rings (SSSR count). The van der Waals surface area contributed by atoms with Crippen LogP contribution in [-0.2, 0) is 0 Å². The maximum atomic E-state index is 14.5. The average molecular weight is 414 g/mol. The van der Waals surface area contributed by atoms with Crippen molar-refractivity contribution in [1.82, 2.24) is 0 Å². The Kier molecular flexibility index (Phi) is 6.91. The monoisotopic (exact) mass is 414 g/mol. The molecule has 0 aromatic heterocycles. The Morgan fingerprint density at radius 2 is 1.69 bits per heavy atom. The van der Waals surface area contributed by atoms with Gasteiger partial charge in [0, 0.05) is 17.9 Å². The van der Waals surface area contributed by atoms with E-state index in [1.807, 2.05) is 0 Å². The molecule has 1 fully saturated rings. The first-order valence-electron chi connectivity index (χ1n) is 10.1. The molecule has 1 unspecified atom stereocenters. The van der Waals surface area contributed by atoms with Gasteiger partial charge in [0.25, 0.3) is 0 Å². The summed E-state index contributed by atoms with van der Waals surface area (Å²) in [7, 11) is 0. The molecule has 1 atom stereocenters. The molecule has 6 heteroatoms. The summed E-state index contributed by atoms with van der Waals surface area (Å²) in [6.07, 6.45) is 5.94. The van der Waals surface area contributed by atoms with Crippen molar-refractivity contribution in [2.45, 2.75) is 57.8 Å². The fourth-order valence-electron chi connectivity index (χ4n) is 4.33. The predicted molar refractivity (Wildman–Crippen MR) is 102 cm³/mol. The topological polar surface area (TPSA) is 0 Å². The maximum absolute atomic E-state index is 14.5. The van der Waals surface area contributed by atoms with Gasteiger partial charge >= 0.3 is 0 Å². The molecular weight excluding hydrogens is 390 g/mol. The minimum Gasteiger partial charge on any atom is -0.208 e. The van der Waals surface area contributed by atoms with E-state index in [-0.39, 0.29) is 5.92 Å². The Balaban J connectivity index is 1.77. The molecule has 0 nitrogen and oxygen atoms in total. The molecule has 1 saturated carbocycles. The molecule has 1 aromatic carbocycles. The number of benzene rings is 1. The summed E-state index contributed by atoms with van der Waals surface area (Å²) < 4.78 is 83.2. The van der Waals surface area contributed by atoms with E-state index in [0.717, 1.165) is 43.7 Å². The molecule has 2 aliphatic rings. The van der Waals surface area contributed by atoms with Crippen molar-refractivity contribution < 1.29 is 26.3 Å². The van der Waals surface area contributed by atoms with E-state index in [1.165, 1.54) is 12.5 Å². The number of hydrogen-bond acceptors (Lipinski definition) is 0. The smallest absolute Gasteiger partial charge is 0.189 e. The molecule has 1 aromatic rings. The van der Waals surface area contributed by atoms with Gasteiger partial charge in [-0.1, -0.05) is 25.8 Å². The lowest BCUT2D eigenvalue weighted by atomic mass is 9.77. The zero-order valence-electron chi connectivity index (χ0n) is 16.3. The molecule has 0 spiro atoms. The lowest BCUT2D eigenvalue weighted by Gasteiger charge is -2.28. The van der Waals surface area contributed by atoms with Crippen LogP contribution in [-0.4, -0.2) is 0 Å². The highest BCUT2D eigenvalue weighted by molar-refractivity contribution is 5.63. The van der Waals surface area contributed by atoms with Gasteiger partial charge in [-0.05, 0) is 61.3 Å². The average Bonchev–Trinajstić information content (AvgIpc) is 2.71. The van der Waals surface area contributed by atoms with Crippen LogP contribution in [0.4, 0.5) is 26.3 Å². The van der Waals surface area contributed by atoms with E-state index in [2.05, 4.69) is 6.92 Å². The zero-order valence-corrected chi connectivity index (χ0v) is 16.3. The highest BCUT2D eigenvalue weighted by atomic mass is 19.2. The third kappa shape index (κ3) is 4.78. The number of hydrogen-bond donors (Lipinski definition) is 0. The molecule has 158 valence electrons. The van der Waals surface area contributed by atoms with Gasteiger partial charge in [-0.2, -0.15) is 0 Å². The first kappa shape index (κ1) is 21.7. The summed E-state index contributed by atoms with van der Waals surface area (Å²) in [4.78, 5) is 0. The molecular formula is C23H24F6. The van der Waals surface area contributed by atoms with E-state index in [9.17, 15) is 26.3 Å². The van der Waals surface area contributed by atoms with Crippen molar-refractivity contribution in [3.05, 3.63) is 64.5 Å². The fourth-order valence-corrected chi connectivity index (χ4v) is 4.33. The number of rotatable bonds is 5. The van der Waals surface area contributed by atoms with Crippen molar-refractivity contribution in [2.75, 3.05) is 0 Å².